The van der Waals surface area contributed by atoms with Crippen LogP contribution in [0.4, 0.5) is 10.1 Å². The summed E-state index contributed by atoms with van der Waals surface area (Å²) in [5, 5.41) is 3.98. The van der Waals surface area contributed by atoms with Gasteiger partial charge in [-0.3, -0.25) is 9.78 Å². The van der Waals surface area contributed by atoms with E-state index in [2.05, 4.69) is 5.32 Å². The van der Waals surface area contributed by atoms with E-state index in [1.807, 2.05) is 54.6 Å². The Morgan fingerprint density at radius 3 is 2.48 bits per heavy atom. The minimum atomic E-state index is -0.454. The molecule has 0 bridgehead atoms. The van der Waals surface area contributed by atoms with Gasteiger partial charge in [0, 0.05) is 11.1 Å². The van der Waals surface area contributed by atoms with Gasteiger partial charge in [0.1, 0.15) is 11.7 Å². The van der Waals surface area contributed by atoms with Crippen LogP contribution in [0.3, 0.4) is 0 Å². The molecule has 1 unspecified atom stereocenters. The number of hydrogen-bond acceptors (Lipinski definition) is 2. The summed E-state index contributed by atoms with van der Waals surface area (Å²) in [6, 6.07) is 23.9. The standard InChI is InChI=1S/C23H15FN2O/c24-17-9-5-14(6-10-17)16-8-11-20-18(13-16)22(23(27)26-20)21-12-7-15-3-1-2-4-19(15)25-21/h1-13,22H,(H,26,27). The van der Waals surface area contributed by atoms with Gasteiger partial charge in [-0.15, -0.1) is 0 Å². The lowest BCUT2D eigenvalue weighted by Crippen LogP contribution is -2.14. The van der Waals surface area contributed by atoms with Gasteiger partial charge in [-0.05, 0) is 53.1 Å². The maximum absolute atomic E-state index is 13.2. The molecule has 3 nitrogen and oxygen atoms in total. The maximum Gasteiger partial charge on any atom is 0.238 e. The molecular formula is C23H15FN2O. The highest BCUT2D eigenvalue weighted by Gasteiger charge is 2.33. The van der Waals surface area contributed by atoms with Gasteiger partial charge in [0.05, 0.1) is 11.2 Å². The molecule has 130 valence electrons. The smallest absolute Gasteiger partial charge is 0.238 e. The van der Waals surface area contributed by atoms with Gasteiger partial charge < -0.3 is 5.32 Å². The number of nitrogens with one attached hydrogen (secondary N) is 1. The van der Waals surface area contributed by atoms with Gasteiger partial charge in [-0.1, -0.05) is 42.5 Å². The fourth-order valence-electron chi connectivity index (χ4n) is 3.62. The number of carbonyl (C=O) groups is 1. The van der Waals surface area contributed by atoms with Crippen LogP contribution >= 0.6 is 0 Å². The first-order valence-electron chi connectivity index (χ1n) is 8.75. The number of amides is 1. The first-order valence-corrected chi connectivity index (χ1v) is 8.75. The number of aromatic nitrogens is 1. The minimum absolute atomic E-state index is 0.0796. The van der Waals surface area contributed by atoms with Crippen molar-refractivity contribution in [2.75, 3.05) is 5.32 Å². The molecule has 1 aliphatic heterocycles. The molecule has 1 atom stereocenters. The molecule has 1 N–H and O–H groups in total. The van der Waals surface area contributed by atoms with Crippen molar-refractivity contribution in [3.05, 3.63) is 95.9 Å². The number of hydrogen-bond donors (Lipinski definition) is 1. The number of halogens is 1. The first-order chi connectivity index (χ1) is 13.2. The van der Waals surface area contributed by atoms with Crippen molar-refractivity contribution in [1.29, 1.82) is 0 Å². The molecule has 0 spiro atoms. The van der Waals surface area contributed by atoms with Crippen LogP contribution in [-0.4, -0.2) is 10.9 Å². The SMILES string of the molecule is O=C1Nc2ccc(-c3ccc(F)cc3)cc2C1c1ccc2ccccc2n1. The van der Waals surface area contributed by atoms with E-state index in [0.29, 0.717) is 0 Å². The molecule has 0 aliphatic carbocycles. The summed E-state index contributed by atoms with van der Waals surface area (Å²) in [7, 11) is 0. The molecule has 4 heteroatoms. The van der Waals surface area contributed by atoms with Crippen LogP contribution in [-0.2, 0) is 4.79 Å². The molecule has 2 heterocycles. The third-order valence-corrected chi connectivity index (χ3v) is 4.98. The Morgan fingerprint density at radius 1 is 0.852 bits per heavy atom. The summed E-state index contributed by atoms with van der Waals surface area (Å²) in [6.07, 6.45) is 0. The van der Waals surface area contributed by atoms with Crippen molar-refractivity contribution in [2.45, 2.75) is 5.92 Å². The summed E-state index contributed by atoms with van der Waals surface area (Å²) in [6.45, 7) is 0. The second-order valence-electron chi connectivity index (χ2n) is 6.66. The molecule has 0 saturated heterocycles. The molecule has 0 saturated carbocycles. The van der Waals surface area contributed by atoms with Crippen molar-refractivity contribution in [3.8, 4) is 11.1 Å². The number of nitrogens with zero attached hydrogens (tertiary/aromatic N) is 1. The number of carbonyl (C=O) groups excluding carboxylic acids is 1. The second kappa shape index (κ2) is 6.02. The first kappa shape index (κ1) is 15.7. The lowest BCUT2D eigenvalue weighted by molar-refractivity contribution is -0.116. The third kappa shape index (κ3) is 2.66. The van der Waals surface area contributed by atoms with Crippen LogP contribution in [0.15, 0.2) is 78.9 Å². The van der Waals surface area contributed by atoms with E-state index in [0.717, 1.165) is 39.0 Å². The van der Waals surface area contributed by atoms with Gasteiger partial charge in [-0.2, -0.15) is 0 Å². The Kier molecular flexibility index (Phi) is 3.50. The van der Waals surface area contributed by atoms with Crippen LogP contribution < -0.4 is 5.32 Å². The lowest BCUT2D eigenvalue weighted by atomic mass is 9.93. The zero-order valence-corrected chi connectivity index (χ0v) is 14.3. The number of fused-ring (bicyclic) bond motifs is 2. The van der Waals surface area contributed by atoms with Gasteiger partial charge in [0.25, 0.3) is 0 Å². The number of anilines is 1. The summed E-state index contributed by atoms with van der Waals surface area (Å²) < 4.78 is 13.2. The van der Waals surface area contributed by atoms with E-state index in [1.165, 1.54) is 12.1 Å². The third-order valence-electron chi connectivity index (χ3n) is 4.98. The predicted octanol–water partition coefficient (Wildman–Crippen LogP) is 5.12. The predicted molar refractivity (Wildman–Crippen MR) is 104 cm³/mol. The second-order valence-corrected chi connectivity index (χ2v) is 6.66. The molecule has 1 aliphatic rings. The highest BCUT2D eigenvalue weighted by Crippen LogP contribution is 2.39. The minimum Gasteiger partial charge on any atom is -0.325 e. The van der Waals surface area contributed by atoms with Gasteiger partial charge in [-0.25, -0.2) is 4.39 Å². The van der Waals surface area contributed by atoms with Gasteiger partial charge in [0.15, 0.2) is 0 Å². The van der Waals surface area contributed by atoms with Crippen LogP contribution in [0.2, 0.25) is 0 Å². The topological polar surface area (TPSA) is 42.0 Å². The molecule has 1 amide bonds. The number of rotatable bonds is 2. The highest BCUT2D eigenvalue weighted by atomic mass is 19.1. The van der Waals surface area contributed by atoms with E-state index in [-0.39, 0.29) is 11.7 Å². The Hall–Kier alpha value is -3.53. The van der Waals surface area contributed by atoms with Crippen molar-refractivity contribution in [2.24, 2.45) is 0 Å². The van der Waals surface area contributed by atoms with Gasteiger partial charge in [0.2, 0.25) is 5.91 Å². The zero-order valence-electron chi connectivity index (χ0n) is 14.3. The Labute approximate surface area is 155 Å². The van der Waals surface area contributed by atoms with Crippen molar-refractivity contribution < 1.29 is 9.18 Å². The molecule has 5 rings (SSSR count). The fraction of sp³-hybridized carbons (Fsp3) is 0.0435. The Bertz CT molecular complexity index is 1180. The molecule has 0 radical (unpaired) electrons. The summed E-state index contributed by atoms with van der Waals surface area (Å²) in [4.78, 5) is 17.4. The molecule has 0 fully saturated rings. The van der Waals surface area contributed by atoms with Crippen molar-refractivity contribution in [1.82, 2.24) is 4.98 Å². The summed E-state index contributed by atoms with van der Waals surface area (Å²) in [5.74, 6) is -0.802. The maximum atomic E-state index is 13.2. The molecule has 27 heavy (non-hydrogen) atoms. The van der Waals surface area contributed by atoms with Crippen molar-refractivity contribution in [3.63, 3.8) is 0 Å². The largest absolute Gasteiger partial charge is 0.325 e. The van der Waals surface area contributed by atoms with E-state index in [4.69, 9.17) is 4.98 Å². The van der Waals surface area contributed by atoms with E-state index >= 15 is 0 Å². The van der Waals surface area contributed by atoms with Gasteiger partial charge >= 0.3 is 0 Å². The summed E-state index contributed by atoms with van der Waals surface area (Å²) >= 11 is 0. The van der Waals surface area contributed by atoms with E-state index < -0.39 is 5.92 Å². The van der Waals surface area contributed by atoms with Crippen LogP contribution in [0.1, 0.15) is 17.2 Å². The fourth-order valence-corrected chi connectivity index (χ4v) is 3.62. The number of para-hydroxylation sites is 1. The normalized spacial score (nSPS) is 15.6. The zero-order chi connectivity index (χ0) is 18.4. The number of benzene rings is 3. The molecule has 1 aromatic heterocycles. The number of pyridine rings is 1. The summed E-state index contributed by atoms with van der Waals surface area (Å²) in [5.41, 5.74) is 5.13. The average molecular weight is 354 g/mol. The molecule has 3 aromatic carbocycles. The molecule has 4 aromatic rings. The van der Waals surface area contributed by atoms with E-state index in [1.54, 1.807) is 12.1 Å². The van der Waals surface area contributed by atoms with E-state index in [9.17, 15) is 9.18 Å². The lowest BCUT2D eigenvalue weighted by Gasteiger charge is -2.11. The quantitative estimate of drug-likeness (QED) is 0.542. The molecular weight excluding hydrogens is 339 g/mol. The average Bonchev–Trinajstić information content (AvgIpc) is 3.03. The Balaban J connectivity index is 1.62. The van der Waals surface area contributed by atoms with Crippen molar-refractivity contribution >= 4 is 22.5 Å². The monoisotopic (exact) mass is 354 g/mol. The Morgan fingerprint density at radius 2 is 1.63 bits per heavy atom. The highest BCUT2D eigenvalue weighted by molar-refractivity contribution is 6.05. The van der Waals surface area contributed by atoms with Crippen LogP contribution in [0.25, 0.3) is 22.0 Å². The van der Waals surface area contributed by atoms with Crippen LogP contribution in [0.5, 0.6) is 0 Å². The van der Waals surface area contributed by atoms with Crippen LogP contribution in [0, 0.1) is 5.82 Å².